The SMILES string of the molecule is CCOc1cc(CNC)ccc1OCc1ccncc1Cl. The molecule has 21 heavy (non-hydrogen) atoms. The van der Waals surface area contributed by atoms with Crippen molar-refractivity contribution >= 4 is 11.6 Å². The van der Waals surface area contributed by atoms with Gasteiger partial charge in [-0.15, -0.1) is 0 Å². The Morgan fingerprint density at radius 3 is 2.76 bits per heavy atom. The zero-order chi connectivity index (χ0) is 15.1. The van der Waals surface area contributed by atoms with Crippen LogP contribution in [-0.2, 0) is 13.2 Å². The van der Waals surface area contributed by atoms with Gasteiger partial charge in [-0.3, -0.25) is 4.98 Å². The van der Waals surface area contributed by atoms with Crippen LogP contribution in [0.3, 0.4) is 0 Å². The highest BCUT2D eigenvalue weighted by Crippen LogP contribution is 2.29. The lowest BCUT2D eigenvalue weighted by Crippen LogP contribution is -2.06. The number of pyridine rings is 1. The predicted octanol–water partition coefficient (Wildman–Crippen LogP) is 3.43. The van der Waals surface area contributed by atoms with E-state index in [1.807, 2.05) is 38.2 Å². The Morgan fingerprint density at radius 1 is 1.19 bits per heavy atom. The van der Waals surface area contributed by atoms with Crippen molar-refractivity contribution < 1.29 is 9.47 Å². The molecule has 0 amide bonds. The van der Waals surface area contributed by atoms with Crippen LogP contribution < -0.4 is 14.8 Å². The number of ether oxygens (including phenoxy) is 2. The summed E-state index contributed by atoms with van der Waals surface area (Å²) in [6, 6.07) is 7.77. The molecule has 1 N–H and O–H groups in total. The van der Waals surface area contributed by atoms with Gasteiger partial charge in [0.15, 0.2) is 11.5 Å². The lowest BCUT2D eigenvalue weighted by atomic mass is 10.2. The van der Waals surface area contributed by atoms with Gasteiger partial charge >= 0.3 is 0 Å². The largest absolute Gasteiger partial charge is 0.490 e. The van der Waals surface area contributed by atoms with Gasteiger partial charge in [0.25, 0.3) is 0 Å². The third kappa shape index (κ3) is 4.34. The number of nitrogens with zero attached hydrogens (tertiary/aromatic N) is 1. The van der Waals surface area contributed by atoms with Gasteiger partial charge in [-0.05, 0) is 37.7 Å². The molecule has 1 aromatic carbocycles. The van der Waals surface area contributed by atoms with Crippen molar-refractivity contribution in [2.24, 2.45) is 0 Å². The first-order valence-electron chi connectivity index (χ1n) is 6.86. The molecule has 0 aliphatic rings. The Hall–Kier alpha value is -1.78. The number of benzene rings is 1. The van der Waals surface area contributed by atoms with E-state index in [1.54, 1.807) is 12.4 Å². The van der Waals surface area contributed by atoms with Crippen LogP contribution in [0.25, 0.3) is 0 Å². The number of nitrogens with one attached hydrogen (secondary N) is 1. The van der Waals surface area contributed by atoms with E-state index in [2.05, 4.69) is 10.3 Å². The van der Waals surface area contributed by atoms with Crippen molar-refractivity contribution in [2.45, 2.75) is 20.1 Å². The van der Waals surface area contributed by atoms with Gasteiger partial charge in [-0.2, -0.15) is 0 Å². The fraction of sp³-hybridized carbons (Fsp3) is 0.312. The number of hydrogen-bond donors (Lipinski definition) is 1. The molecule has 0 fully saturated rings. The van der Waals surface area contributed by atoms with Crippen LogP contribution in [0, 0.1) is 0 Å². The molecule has 112 valence electrons. The molecule has 1 aromatic heterocycles. The van der Waals surface area contributed by atoms with E-state index in [0.29, 0.717) is 24.0 Å². The van der Waals surface area contributed by atoms with Crippen molar-refractivity contribution in [3.63, 3.8) is 0 Å². The van der Waals surface area contributed by atoms with Gasteiger partial charge in [0.05, 0.1) is 11.6 Å². The Balaban J connectivity index is 2.13. The van der Waals surface area contributed by atoms with E-state index >= 15 is 0 Å². The molecule has 0 spiro atoms. The minimum Gasteiger partial charge on any atom is -0.490 e. The van der Waals surface area contributed by atoms with E-state index in [-0.39, 0.29) is 0 Å². The summed E-state index contributed by atoms with van der Waals surface area (Å²) < 4.78 is 11.5. The van der Waals surface area contributed by atoms with Gasteiger partial charge in [-0.25, -0.2) is 0 Å². The number of hydrogen-bond acceptors (Lipinski definition) is 4. The molecule has 0 aliphatic carbocycles. The normalized spacial score (nSPS) is 10.4. The van der Waals surface area contributed by atoms with Gasteiger partial charge in [0.2, 0.25) is 0 Å². The molecular formula is C16H19ClN2O2. The molecule has 5 heteroatoms. The van der Waals surface area contributed by atoms with Crippen molar-refractivity contribution in [3.05, 3.63) is 52.8 Å². The molecule has 2 rings (SSSR count). The minimum absolute atomic E-state index is 0.382. The smallest absolute Gasteiger partial charge is 0.161 e. The standard InChI is InChI=1S/C16H19ClN2O2/c1-3-20-16-8-12(9-18-2)4-5-15(16)21-11-13-6-7-19-10-14(13)17/h4-8,10,18H,3,9,11H2,1-2H3. The molecule has 2 aromatic rings. The fourth-order valence-electron chi connectivity index (χ4n) is 1.93. The van der Waals surface area contributed by atoms with E-state index in [4.69, 9.17) is 21.1 Å². The van der Waals surface area contributed by atoms with Crippen molar-refractivity contribution in [2.75, 3.05) is 13.7 Å². The Kier molecular flexibility index (Phi) is 5.84. The molecule has 0 atom stereocenters. The maximum Gasteiger partial charge on any atom is 0.161 e. The number of halogens is 1. The highest BCUT2D eigenvalue weighted by Gasteiger charge is 2.08. The minimum atomic E-state index is 0.382. The second-order valence-electron chi connectivity index (χ2n) is 4.50. The summed E-state index contributed by atoms with van der Waals surface area (Å²) in [6.45, 7) is 3.72. The molecule has 0 radical (unpaired) electrons. The van der Waals surface area contributed by atoms with Crippen LogP contribution in [-0.4, -0.2) is 18.6 Å². The zero-order valence-corrected chi connectivity index (χ0v) is 13.0. The van der Waals surface area contributed by atoms with Crippen molar-refractivity contribution in [1.29, 1.82) is 0 Å². The first-order chi connectivity index (χ1) is 10.2. The molecule has 0 saturated heterocycles. The summed E-state index contributed by atoms with van der Waals surface area (Å²) >= 11 is 6.08. The summed E-state index contributed by atoms with van der Waals surface area (Å²) in [5.41, 5.74) is 2.05. The third-order valence-electron chi connectivity index (χ3n) is 2.93. The van der Waals surface area contributed by atoms with E-state index in [1.165, 1.54) is 0 Å². The van der Waals surface area contributed by atoms with Gasteiger partial charge < -0.3 is 14.8 Å². The monoisotopic (exact) mass is 306 g/mol. The first kappa shape index (κ1) is 15.6. The van der Waals surface area contributed by atoms with Gasteiger partial charge in [0, 0.05) is 24.5 Å². The Labute approximate surface area is 130 Å². The van der Waals surface area contributed by atoms with Crippen LogP contribution in [0.2, 0.25) is 5.02 Å². The van der Waals surface area contributed by atoms with Crippen LogP contribution in [0.4, 0.5) is 0 Å². The topological polar surface area (TPSA) is 43.4 Å². The maximum atomic E-state index is 6.08. The third-order valence-corrected chi connectivity index (χ3v) is 3.27. The zero-order valence-electron chi connectivity index (χ0n) is 12.2. The molecule has 0 unspecified atom stereocenters. The summed E-state index contributed by atoms with van der Waals surface area (Å²) in [5.74, 6) is 1.46. The Morgan fingerprint density at radius 2 is 2.05 bits per heavy atom. The molecule has 4 nitrogen and oxygen atoms in total. The highest BCUT2D eigenvalue weighted by atomic mass is 35.5. The molecule has 0 aliphatic heterocycles. The van der Waals surface area contributed by atoms with Gasteiger partial charge in [0.1, 0.15) is 6.61 Å². The average Bonchev–Trinajstić information content (AvgIpc) is 2.49. The van der Waals surface area contributed by atoms with Gasteiger partial charge in [-0.1, -0.05) is 17.7 Å². The highest BCUT2D eigenvalue weighted by molar-refractivity contribution is 6.31. The van der Waals surface area contributed by atoms with Crippen LogP contribution in [0.15, 0.2) is 36.7 Å². The molecule has 0 bridgehead atoms. The summed E-state index contributed by atoms with van der Waals surface area (Å²) in [5, 5.41) is 3.72. The second kappa shape index (κ2) is 7.86. The number of aromatic nitrogens is 1. The van der Waals surface area contributed by atoms with E-state index in [0.717, 1.165) is 23.4 Å². The maximum absolute atomic E-state index is 6.08. The van der Waals surface area contributed by atoms with E-state index < -0.39 is 0 Å². The molecular weight excluding hydrogens is 288 g/mol. The first-order valence-corrected chi connectivity index (χ1v) is 7.24. The molecule has 0 saturated carbocycles. The summed E-state index contributed by atoms with van der Waals surface area (Å²) in [7, 11) is 1.91. The molecule has 1 heterocycles. The van der Waals surface area contributed by atoms with Crippen LogP contribution >= 0.6 is 11.6 Å². The second-order valence-corrected chi connectivity index (χ2v) is 4.91. The number of rotatable bonds is 7. The predicted molar refractivity (Wildman–Crippen MR) is 84.0 cm³/mol. The van der Waals surface area contributed by atoms with Crippen molar-refractivity contribution in [3.8, 4) is 11.5 Å². The average molecular weight is 307 g/mol. The lowest BCUT2D eigenvalue weighted by molar-refractivity contribution is 0.269. The van der Waals surface area contributed by atoms with Crippen LogP contribution in [0.5, 0.6) is 11.5 Å². The van der Waals surface area contributed by atoms with E-state index in [9.17, 15) is 0 Å². The summed E-state index contributed by atoms with van der Waals surface area (Å²) in [6.07, 6.45) is 3.31. The fourth-order valence-corrected chi connectivity index (χ4v) is 2.10. The summed E-state index contributed by atoms with van der Waals surface area (Å²) in [4.78, 5) is 3.96. The van der Waals surface area contributed by atoms with Crippen LogP contribution in [0.1, 0.15) is 18.1 Å². The Bertz CT molecular complexity index is 590. The lowest BCUT2D eigenvalue weighted by Gasteiger charge is -2.14. The quantitative estimate of drug-likeness (QED) is 0.851. The van der Waals surface area contributed by atoms with Crippen molar-refractivity contribution in [1.82, 2.24) is 10.3 Å².